The largest absolute Gasteiger partial charge is 0.372 e. The van der Waals surface area contributed by atoms with Gasteiger partial charge in [-0.05, 0) is 12.0 Å². The van der Waals surface area contributed by atoms with E-state index in [0.29, 0.717) is 0 Å². The van der Waals surface area contributed by atoms with E-state index in [1.165, 1.54) is 5.56 Å². The Hall–Kier alpha value is -2.57. The molecule has 0 saturated carbocycles. The van der Waals surface area contributed by atoms with Gasteiger partial charge in [0.2, 0.25) is 0 Å². The third kappa shape index (κ3) is 2.42. The summed E-state index contributed by atoms with van der Waals surface area (Å²) in [6.07, 6.45) is 10.4. The van der Waals surface area contributed by atoms with Crippen molar-refractivity contribution in [2.24, 2.45) is 7.05 Å². The van der Waals surface area contributed by atoms with Crippen molar-refractivity contribution in [2.75, 3.05) is 24.2 Å². The maximum atomic E-state index is 4.50. The second-order valence-corrected chi connectivity index (χ2v) is 4.58. The smallest absolute Gasteiger partial charge is 0.180 e. The van der Waals surface area contributed by atoms with Gasteiger partial charge in [-0.15, -0.1) is 0 Å². The first-order valence-electron chi connectivity index (χ1n) is 6.49. The number of anilines is 2. The van der Waals surface area contributed by atoms with E-state index in [0.717, 1.165) is 30.2 Å². The highest BCUT2D eigenvalue weighted by Crippen LogP contribution is 2.15. The minimum absolute atomic E-state index is 0.783. The molecule has 3 rings (SSSR count). The van der Waals surface area contributed by atoms with Gasteiger partial charge in [0.1, 0.15) is 5.82 Å². The Morgan fingerprint density at radius 2 is 2.20 bits per heavy atom. The van der Waals surface area contributed by atoms with Gasteiger partial charge in [0, 0.05) is 39.2 Å². The monoisotopic (exact) mass is 271 g/mol. The van der Waals surface area contributed by atoms with Crippen LogP contribution >= 0.6 is 0 Å². The first-order valence-corrected chi connectivity index (χ1v) is 6.49. The Balaban J connectivity index is 1.74. The molecule has 0 bridgehead atoms. The molecule has 7 nitrogen and oxygen atoms in total. The van der Waals surface area contributed by atoms with E-state index in [4.69, 9.17) is 0 Å². The third-order valence-corrected chi connectivity index (χ3v) is 3.09. The molecule has 0 spiro atoms. The lowest BCUT2D eigenvalue weighted by Gasteiger charge is -2.08. The summed E-state index contributed by atoms with van der Waals surface area (Å²) < 4.78 is 3.76. The third-order valence-electron chi connectivity index (χ3n) is 3.09. The molecular weight excluding hydrogens is 254 g/mol. The molecule has 3 aromatic heterocycles. The molecule has 0 radical (unpaired) electrons. The molecule has 3 aromatic rings. The summed E-state index contributed by atoms with van der Waals surface area (Å²) >= 11 is 0. The standard InChI is InChI=1S/C13H17N7/c1-14-11-9-20-6-5-16-13(20)12(18-11)15-4-3-10-7-17-19(2)8-10/h5-9,14H,3-4H2,1-2H3,(H,15,18). The van der Waals surface area contributed by atoms with Crippen LogP contribution in [-0.2, 0) is 13.5 Å². The number of hydrogen-bond acceptors (Lipinski definition) is 5. The molecule has 3 heterocycles. The van der Waals surface area contributed by atoms with E-state index in [-0.39, 0.29) is 0 Å². The van der Waals surface area contributed by atoms with Crippen LogP contribution in [0.1, 0.15) is 5.56 Å². The molecule has 0 atom stereocenters. The highest BCUT2D eigenvalue weighted by Gasteiger charge is 2.06. The van der Waals surface area contributed by atoms with Gasteiger partial charge in [0.25, 0.3) is 0 Å². The summed E-state index contributed by atoms with van der Waals surface area (Å²) in [5.41, 5.74) is 2.03. The van der Waals surface area contributed by atoms with Crippen LogP contribution in [0.15, 0.2) is 31.0 Å². The fraction of sp³-hybridized carbons (Fsp3) is 0.308. The van der Waals surface area contributed by atoms with Crippen LogP contribution in [-0.4, -0.2) is 37.7 Å². The van der Waals surface area contributed by atoms with Crippen molar-refractivity contribution in [3.05, 3.63) is 36.5 Å². The molecule has 2 N–H and O–H groups in total. The van der Waals surface area contributed by atoms with Crippen molar-refractivity contribution < 1.29 is 0 Å². The molecule has 0 aliphatic heterocycles. The van der Waals surface area contributed by atoms with Crippen molar-refractivity contribution in [2.45, 2.75) is 6.42 Å². The zero-order valence-corrected chi connectivity index (χ0v) is 11.5. The van der Waals surface area contributed by atoms with Gasteiger partial charge in [-0.2, -0.15) is 5.10 Å². The van der Waals surface area contributed by atoms with Crippen molar-refractivity contribution in [1.29, 1.82) is 0 Å². The maximum Gasteiger partial charge on any atom is 0.180 e. The molecule has 0 fully saturated rings. The summed E-state index contributed by atoms with van der Waals surface area (Å²) in [5, 5.41) is 10.5. The second-order valence-electron chi connectivity index (χ2n) is 4.58. The zero-order chi connectivity index (χ0) is 13.9. The Morgan fingerprint density at radius 1 is 1.30 bits per heavy atom. The number of imidazole rings is 1. The van der Waals surface area contributed by atoms with E-state index in [1.807, 2.05) is 48.0 Å². The summed E-state index contributed by atoms with van der Waals surface area (Å²) in [6.45, 7) is 0.786. The SMILES string of the molecule is CNc1cn2ccnc2c(NCCc2cnn(C)c2)n1. The zero-order valence-electron chi connectivity index (χ0n) is 11.5. The van der Waals surface area contributed by atoms with Crippen LogP contribution in [0.5, 0.6) is 0 Å². The van der Waals surface area contributed by atoms with Crippen LogP contribution in [0, 0.1) is 0 Å². The van der Waals surface area contributed by atoms with Gasteiger partial charge in [-0.3, -0.25) is 4.68 Å². The predicted molar refractivity (Wildman–Crippen MR) is 77.9 cm³/mol. The van der Waals surface area contributed by atoms with Crippen LogP contribution in [0.25, 0.3) is 5.65 Å². The first-order chi connectivity index (χ1) is 9.76. The van der Waals surface area contributed by atoms with Crippen LogP contribution in [0.2, 0.25) is 0 Å². The molecule has 0 saturated heterocycles. The fourth-order valence-electron chi connectivity index (χ4n) is 2.10. The van der Waals surface area contributed by atoms with Crippen LogP contribution in [0.4, 0.5) is 11.6 Å². The number of hydrogen-bond donors (Lipinski definition) is 2. The molecule has 0 unspecified atom stereocenters. The highest BCUT2D eigenvalue weighted by molar-refractivity contribution is 5.65. The molecule has 7 heteroatoms. The number of aromatic nitrogens is 5. The molecular formula is C13H17N7. The van der Waals surface area contributed by atoms with Crippen LogP contribution < -0.4 is 10.6 Å². The molecule has 0 aliphatic rings. The number of rotatable bonds is 5. The highest BCUT2D eigenvalue weighted by atomic mass is 15.2. The fourth-order valence-corrected chi connectivity index (χ4v) is 2.10. The number of fused-ring (bicyclic) bond motifs is 1. The van der Waals surface area contributed by atoms with E-state index < -0.39 is 0 Å². The Kier molecular flexibility index (Phi) is 3.24. The van der Waals surface area contributed by atoms with Crippen molar-refractivity contribution in [1.82, 2.24) is 24.1 Å². The average molecular weight is 271 g/mol. The molecule has 20 heavy (non-hydrogen) atoms. The topological polar surface area (TPSA) is 72.1 Å². The van der Waals surface area contributed by atoms with Crippen molar-refractivity contribution in [3.8, 4) is 0 Å². The molecule has 0 aliphatic carbocycles. The van der Waals surface area contributed by atoms with E-state index in [1.54, 1.807) is 6.20 Å². The predicted octanol–water partition coefficient (Wildman–Crippen LogP) is 1.16. The van der Waals surface area contributed by atoms with Crippen molar-refractivity contribution in [3.63, 3.8) is 0 Å². The Labute approximate surface area is 116 Å². The first kappa shape index (κ1) is 12.5. The molecule has 0 aromatic carbocycles. The second kappa shape index (κ2) is 5.20. The normalized spacial score (nSPS) is 10.9. The number of nitrogens with zero attached hydrogens (tertiary/aromatic N) is 5. The van der Waals surface area contributed by atoms with Gasteiger partial charge in [0.05, 0.1) is 12.4 Å². The van der Waals surface area contributed by atoms with E-state index in [9.17, 15) is 0 Å². The minimum Gasteiger partial charge on any atom is -0.372 e. The molecule has 0 amide bonds. The van der Waals surface area contributed by atoms with E-state index in [2.05, 4.69) is 25.7 Å². The van der Waals surface area contributed by atoms with Gasteiger partial charge in [-0.1, -0.05) is 0 Å². The van der Waals surface area contributed by atoms with Crippen LogP contribution in [0.3, 0.4) is 0 Å². The summed E-state index contributed by atoms with van der Waals surface area (Å²) in [7, 11) is 3.77. The number of nitrogens with one attached hydrogen (secondary N) is 2. The maximum absolute atomic E-state index is 4.50. The average Bonchev–Trinajstić information content (AvgIpc) is 3.07. The number of aryl methyl sites for hydroxylation is 1. The molecule has 104 valence electrons. The van der Waals surface area contributed by atoms with E-state index >= 15 is 0 Å². The van der Waals surface area contributed by atoms with Gasteiger partial charge >= 0.3 is 0 Å². The Bertz CT molecular complexity index is 712. The Morgan fingerprint density at radius 3 is 2.95 bits per heavy atom. The lowest BCUT2D eigenvalue weighted by molar-refractivity contribution is 0.767. The van der Waals surface area contributed by atoms with Gasteiger partial charge < -0.3 is 15.0 Å². The summed E-state index contributed by atoms with van der Waals surface area (Å²) in [5.74, 6) is 1.59. The summed E-state index contributed by atoms with van der Waals surface area (Å²) in [6, 6.07) is 0. The van der Waals surface area contributed by atoms with Gasteiger partial charge in [-0.25, -0.2) is 9.97 Å². The minimum atomic E-state index is 0.783. The quantitative estimate of drug-likeness (QED) is 0.728. The lowest BCUT2D eigenvalue weighted by Crippen LogP contribution is -2.09. The summed E-state index contributed by atoms with van der Waals surface area (Å²) in [4.78, 5) is 8.82. The van der Waals surface area contributed by atoms with Crippen molar-refractivity contribution >= 4 is 17.3 Å². The van der Waals surface area contributed by atoms with Gasteiger partial charge in [0.15, 0.2) is 11.5 Å². The lowest BCUT2D eigenvalue weighted by atomic mass is 10.2.